The van der Waals surface area contributed by atoms with E-state index in [4.69, 9.17) is 38.9 Å². The number of carbonyl (C=O) groups excluding carboxylic acids is 2. The van der Waals surface area contributed by atoms with Crippen LogP contribution < -0.4 is 28.7 Å². The molecule has 2 fully saturated rings. The molecule has 316 valence electrons. The maximum atomic E-state index is 14.4. The number of nitrogens with zero attached hydrogens (tertiary/aromatic N) is 6. The fourth-order valence-electron chi connectivity index (χ4n) is 8.50. The lowest BCUT2D eigenvalue weighted by Gasteiger charge is -2.32. The Hall–Kier alpha value is -6.70. The van der Waals surface area contributed by atoms with E-state index in [1.54, 1.807) is 27.4 Å². The second-order valence-electron chi connectivity index (χ2n) is 16.6. The van der Waals surface area contributed by atoms with Gasteiger partial charge in [0.2, 0.25) is 0 Å². The molecule has 2 aromatic heterocycles. The lowest BCUT2D eigenvalue weighted by atomic mass is 9.93. The van der Waals surface area contributed by atoms with E-state index in [2.05, 4.69) is 9.97 Å². The van der Waals surface area contributed by atoms with Crippen LogP contribution in [0.1, 0.15) is 77.5 Å². The highest BCUT2D eigenvalue weighted by Gasteiger charge is 2.55. The number of hydrogen-bond acceptors (Lipinski definition) is 10. The number of imidazole rings is 2. The van der Waals surface area contributed by atoms with Crippen molar-refractivity contribution in [2.45, 2.75) is 84.0 Å². The molecule has 0 saturated carbocycles. The van der Waals surface area contributed by atoms with Crippen LogP contribution in [0, 0.1) is 0 Å². The van der Waals surface area contributed by atoms with Gasteiger partial charge in [0.25, 0.3) is 0 Å². The molecule has 6 aromatic rings. The second kappa shape index (κ2) is 15.7. The Morgan fingerprint density at radius 2 is 1.18 bits per heavy atom. The highest BCUT2D eigenvalue weighted by Crippen LogP contribution is 2.45. The minimum absolute atomic E-state index is 0.0185. The van der Waals surface area contributed by atoms with Gasteiger partial charge in [0.15, 0.2) is 11.6 Å². The number of amidine groups is 2. The number of Topliss-reactive ketones (excluding diaryl/α,β-unsaturated/α-hetero) is 2. The van der Waals surface area contributed by atoms with Crippen molar-refractivity contribution in [3.8, 4) is 23.0 Å². The first-order valence-corrected chi connectivity index (χ1v) is 20.5. The van der Waals surface area contributed by atoms with Gasteiger partial charge in [0.1, 0.15) is 75.8 Å². The number of methoxy groups -OCH3 is 3. The van der Waals surface area contributed by atoms with E-state index in [0.29, 0.717) is 64.1 Å². The van der Waals surface area contributed by atoms with Gasteiger partial charge in [-0.1, -0.05) is 18.2 Å². The molecule has 0 aliphatic carbocycles. The Morgan fingerprint density at radius 1 is 0.672 bits per heavy atom. The first kappa shape index (κ1) is 41.1. The van der Waals surface area contributed by atoms with Crippen LogP contribution in [-0.2, 0) is 16.2 Å². The van der Waals surface area contributed by atoms with Crippen molar-refractivity contribution < 1.29 is 28.5 Å². The number of anilines is 2. The Morgan fingerprint density at radius 3 is 1.74 bits per heavy atom. The lowest BCUT2D eigenvalue weighted by molar-refractivity contribution is -0.122. The van der Waals surface area contributed by atoms with Gasteiger partial charge in [0.05, 0.1) is 54.8 Å². The highest BCUT2D eigenvalue weighted by molar-refractivity contribution is 6.28. The van der Waals surface area contributed by atoms with E-state index >= 15 is 0 Å². The van der Waals surface area contributed by atoms with E-state index in [9.17, 15) is 9.59 Å². The van der Waals surface area contributed by atoms with E-state index in [1.807, 2.05) is 131 Å². The van der Waals surface area contributed by atoms with Crippen molar-refractivity contribution in [3.63, 3.8) is 0 Å². The minimum atomic E-state index is -0.960. The van der Waals surface area contributed by atoms with Crippen LogP contribution in [0.5, 0.6) is 23.0 Å². The molecule has 61 heavy (non-hydrogen) atoms. The first-order valence-electron chi connectivity index (χ1n) is 20.5. The van der Waals surface area contributed by atoms with Crippen LogP contribution in [0.25, 0.3) is 22.1 Å². The highest BCUT2D eigenvalue weighted by atomic mass is 16.5. The van der Waals surface area contributed by atoms with Crippen LogP contribution in [0.2, 0.25) is 0 Å². The average molecular weight is 825 g/mol. The summed E-state index contributed by atoms with van der Waals surface area (Å²) < 4.78 is 23.4. The number of para-hydroxylation sites is 2. The summed E-state index contributed by atoms with van der Waals surface area (Å²) in [6.07, 6.45) is 0. The van der Waals surface area contributed by atoms with E-state index < -0.39 is 22.9 Å². The van der Waals surface area contributed by atoms with Crippen LogP contribution in [0.15, 0.2) is 88.8 Å². The smallest absolute Gasteiger partial charge is 0.176 e. The van der Waals surface area contributed by atoms with Gasteiger partial charge >= 0.3 is 0 Å². The lowest BCUT2D eigenvalue weighted by Crippen LogP contribution is -2.45. The predicted octanol–water partition coefficient (Wildman–Crippen LogP) is 8.17. The quantitative estimate of drug-likeness (QED) is 0.123. The maximum absolute atomic E-state index is 14.4. The number of ketones is 2. The molecule has 0 radical (unpaired) electrons. The summed E-state index contributed by atoms with van der Waals surface area (Å²) in [7, 11) is 4.80. The molecule has 2 aliphatic heterocycles. The third-order valence-electron chi connectivity index (χ3n) is 11.4. The summed E-state index contributed by atoms with van der Waals surface area (Å²) in [5, 5.41) is 0. The van der Waals surface area contributed by atoms with Crippen molar-refractivity contribution in [1.82, 2.24) is 19.9 Å². The number of aromatic amines is 2. The normalized spacial score (nSPS) is 19.9. The number of fused-ring (bicyclic) bond motifs is 2. The average Bonchev–Trinajstić information content (AvgIpc) is 3.95. The Bertz CT molecular complexity index is 2670. The summed E-state index contributed by atoms with van der Waals surface area (Å²) in [6.45, 7) is 14.2. The van der Waals surface area contributed by atoms with Gasteiger partial charge in [-0.15, -0.1) is 0 Å². The molecule has 14 heteroatoms. The molecule has 2 aliphatic rings. The molecule has 0 bridgehead atoms. The molecule has 4 heterocycles. The van der Waals surface area contributed by atoms with Gasteiger partial charge < -0.3 is 38.7 Å². The zero-order valence-corrected chi connectivity index (χ0v) is 36.3. The molecule has 2 atom stereocenters. The second-order valence-corrected chi connectivity index (χ2v) is 16.6. The van der Waals surface area contributed by atoms with Crippen LogP contribution in [0.4, 0.5) is 11.4 Å². The van der Waals surface area contributed by atoms with Crippen molar-refractivity contribution in [2.24, 2.45) is 9.98 Å². The third kappa shape index (κ3) is 7.23. The zero-order chi connectivity index (χ0) is 43.4. The van der Waals surface area contributed by atoms with Gasteiger partial charge in [-0.25, -0.2) is 9.97 Å². The first-order chi connectivity index (χ1) is 29.2. The fraction of sp³-hybridized carbons (Fsp3) is 0.362. The molecule has 14 nitrogen and oxygen atoms in total. The Labute approximate surface area is 355 Å². The van der Waals surface area contributed by atoms with Gasteiger partial charge in [-0.3, -0.25) is 19.6 Å². The fourth-order valence-corrected chi connectivity index (χ4v) is 8.50. The summed E-state index contributed by atoms with van der Waals surface area (Å²) in [5.41, 5.74) is 3.50. The predicted molar refractivity (Wildman–Crippen MR) is 238 cm³/mol. The number of aliphatic imine (C=N–C) groups is 2. The van der Waals surface area contributed by atoms with Gasteiger partial charge in [-0.05, 0) is 78.3 Å². The molecule has 0 amide bonds. The topological polar surface area (TPSA) is 160 Å². The van der Waals surface area contributed by atoms with Crippen molar-refractivity contribution in [2.75, 3.05) is 37.7 Å². The molecule has 2 N–H and O–H groups in total. The van der Waals surface area contributed by atoms with Crippen LogP contribution in [-0.4, -0.2) is 88.2 Å². The molecule has 8 rings (SSSR count). The summed E-state index contributed by atoms with van der Waals surface area (Å²) in [6, 6.07) is 24.7. The standard InChI is InChI=1S/C47H52N8O6/c1-11-48-44-38(42-50-34-14-12-13-15-35(34)51-42)40(56)46(4,5)54(44)29-21-32(60-10)24-33(22-29)61-25-27-16-17-36-37(18-27)53-43(52-36)39-41(57)47(6,7)55(45(39)49-26(2)3)28-19-30(58-8)23-31(20-28)59-9/h12-24,26,38-39H,11,25H2,1-10H3,(H,50,51)(H,52,53). The Kier molecular flexibility index (Phi) is 10.6. The largest absolute Gasteiger partial charge is 0.497 e. The molecule has 0 spiro atoms. The summed E-state index contributed by atoms with van der Waals surface area (Å²) in [4.78, 5) is 59.1. The van der Waals surface area contributed by atoms with E-state index in [0.717, 1.165) is 27.8 Å². The van der Waals surface area contributed by atoms with Crippen molar-refractivity contribution in [3.05, 3.63) is 96.1 Å². The number of H-pyrrole nitrogens is 2. The van der Waals surface area contributed by atoms with Crippen molar-refractivity contribution >= 4 is 56.7 Å². The van der Waals surface area contributed by atoms with Gasteiger partial charge in [0, 0.05) is 49.0 Å². The number of aromatic nitrogens is 4. The monoisotopic (exact) mass is 824 g/mol. The summed E-state index contributed by atoms with van der Waals surface area (Å²) >= 11 is 0. The third-order valence-corrected chi connectivity index (χ3v) is 11.4. The number of ether oxygens (including phenoxy) is 4. The number of benzene rings is 4. The number of rotatable bonds is 12. The molecule has 2 unspecified atom stereocenters. The summed E-state index contributed by atoms with van der Waals surface area (Å²) in [5.74, 6) is 3.10. The van der Waals surface area contributed by atoms with Crippen LogP contribution >= 0.6 is 0 Å². The minimum Gasteiger partial charge on any atom is -0.497 e. The van der Waals surface area contributed by atoms with E-state index in [-0.39, 0.29) is 24.2 Å². The molecule has 4 aromatic carbocycles. The SMILES string of the molecule is CCN=C1C(c2nc3ccccc3[nH]2)C(=O)C(C)(C)N1c1cc(OC)cc(OCc2ccc3nc(C4C(=O)C(C)(C)N(c5cc(OC)cc(OC)c5)C4=NC(C)C)[nH]c3c2)c1. The van der Waals surface area contributed by atoms with Gasteiger partial charge in [-0.2, -0.15) is 0 Å². The number of nitrogens with one attached hydrogen (secondary N) is 2. The molecular formula is C47H52N8O6. The van der Waals surface area contributed by atoms with E-state index in [1.165, 1.54) is 0 Å². The maximum Gasteiger partial charge on any atom is 0.176 e. The zero-order valence-electron chi connectivity index (χ0n) is 36.3. The molecule has 2 saturated heterocycles. The molecular weight excluding hydrogens is 773 g/mol. The van der Waals surface area contributed by atoms with Crippen LogP contribution in [0.3, 0.4) is 0 Å². The Balaban J connectivity index is 1.09. The number of hydrogen-bond donors (Lipinski definition) is 2. The van der Waals surface area contributed by atoms with Crippen molar-refractivity contribution in [1.29, 1.82) is 0 Å². The number of carbonyl (C=O) groups is 2.